The molecule has 0 aromatic carbocycles. The first-order chi connectivity index (χ1) is 9.36. The van der Waals surface area contributed by atoms with Gasteiger partial charge in [0.1, 0.15) is 0 Å². The van der Waals surface area contributed by atoms with E-state index in [4.69, 9.17) is 4.52 Å². The van der Waals surface area contributed by atoms with Crippen molar-refractivity contribution in [2.75, 3.05) is 13.2 Å². The summed E-state index contributed by atoms with van der Waals surface area (Å²) < 4.78 is 5.26. The zero-order valence-electron chi connectivity index (χ0n) is 10.6. The van der Waals surface area contributed by atoms with Gasteiger partial charge >= 0.3 is 0 Å². The van der Waals surface area contributed by atoms with E-state index in [-0.39, 0.29) is 12.6 Å². The van der Waals surface area contributed by atoms with Crippen molar-refractivity contribution in [2.24, 2.45) is 0 Å². The molecular formula is C13H16N4O2. The highest BCUT2D eigenvalue weighted by Crippen LogP contribution is 2.20. The highest BCUT2D eigenvalue weighted by molar-refractivity contribution is 5.51. The molecule has 0 spiro atoms. The van der Waals surface area contributed by atoms with Crippen LogP contribution in [0, 0.1) is 0 Å². The van der Waals surface area contributed by atoms with Crippen LogP contribution in [0.3, 0.4) is 0 Å². The second kappa shape index (κ2) is 5.46. The van der Waals surface area contributed by atoms with Crippen LogP contribution in [0.5, 0.6) is 0 Å². The average Bonchev–Trinajstić information content (AvgIpc) is 3.09. The Morgan fingerprint density at radius 3 is 3.21 bits per heavy atom. The van der Waals surface area contributed by atoms with Gasteiger partial charge < -0.3 is 9.63 Å². The minimum Gasteiger partial charge on any atom is -0.395 e. The summed E-state index contributed by atoms with van der Waals surface area (Å²) in [4.78, 5) is 10.6. The van der Waals surface area contributed by atoms with Gasteiger partial charge in [0.25, 0.3) is 0 Å². The molecule has 1 aliphatic heterocycles. The molecule has 1 N–H and O–H groups in total. The minimum atomic E-state index is 0.184. The van der Waals surface area contributed by atoms with E-state index in [1.807, 2.05) is 12.1 Å². The van der Waals surface area contributed by atoms with Gasteiger partial charge in [-0.1, -0.05) is 5.16 Å². The summed E-state index contributed by atoms with van der Waals surface area (Å²) in [5, 5.41) is 13.2. The highest BCUT2D eigenvalue weighted by Gasteiger charge is 2.25. The average molecular weight is 260 g/mol. The van der Waals surface area contributed by atoms with E-state index in [0.717, 1.165) is 24.9 Å². The first-order valence-electron chi connectivity index (χ1n) is 6.44. The summed E-state index contributed by atoms with van der Waals surface area (Å²) in [6, 6.07) is 3.95. The molecule has 0 radical (unpaired) electrons. The molecule has 0 bridgehead atoms. The molecule has 1 fully saturated rings. The third kappa shape index (κ3) is 2.64. The van der Waals surface area contributed by atoms with Crippen LogP contribution in [0.25, 0.3) is 11.4 Å². The van der Waals surface area contributed by atoms with E-state index in [0.29, 0.717) is 18.3 Å². The predicted octanol–water partition coefficient (Wildman–Crippen LogP) is 1.09. The van der Waals surface area contributed by atoms with Crippen LogP contribution in [0.1, 0.15) is 18.7 Å². The van der Waals surface area contributed by atoms with Crippen molar-refractivity contribution in [1.82, 2.24) is 20.0 Å². The van der Waals surface area contributed by atoms with Gasteiger partial charge in [-0.2, -0.15) is 4.98 Å². The number of likely N-dealkylation sites (tertiary alicyclic amines) is 1. The lowest BCUT2D eigenvalue weighted by Gasteiger charge is -2.20. The fraction of sp³-hybridized carbons (Fsp3) is 0.462. The van der Waals surface area contributed by atoms with E-state index in [1.165, 1.54) is 0 Å². The Kier molecular flexibility index (Phi) is 3.52. The minimum absolute atomic E-state index is 0.184. The third-order valence-electron chi connectivity index (χ3n) is 3.44. The molecule has 0 saturated carbocycles. The maximum absolute atomic E-state index is 9.28. The Hall–Kier alpha value is -1.79. The Balaban J connectivity index is 1.72. The van der Waals surface area contributed by atoms with Gasteiger partial charge in [0.05, 0.1) is 13.2 Å². The summed E-state index contributed by atoms with van der Waals surface area (Å²) in [5.74, 6) is 1.14. The van der Waals surface area contributed by atoms with Gasteiger partial charge in [0.2, 0.25) is 11.7 Å². The number of aliphatic hydroxyl groups is 1. The molecule has 2 aromatic heterocycles. The molecule has 1 aliphatic rings. The second-order valence-electron chi connectivity index (χ2n) is 4.70. The van der Waals surface area contributed by atoms with Gasteiger partial charge in [-0.15, -0.1) is 0 Å². The molecule has 3 rings (SSSR count). The normalized spacial score (nSPS) is 19.9. The van der Waals surface area contributed by atoms with Crippen molar-refractivity contribution in [3.63, 3.8) is 0 Å². The third-order valence-corrected chi connectivity index (χ3v) is 3.44. The predicted molar refractivity (Wildman–Crippen MR) is 68.0 cm³/mol. The molecule has 6 nitrogen and oxygen atoms in total. The molecule has 19 heavy (non-hydrogen) atoms. The van der Waals surface area contributed by atoms with Crippen LogP contribution in [-0.2, 0) is 6.54 Å². The number of hydrogen-bond acceptors (Lipinski definition) is 6. The molecule has 2 aromatic rings. The molecule has 1 saturated heterocycles. The van der Waals surface area contributed by atoms with Crippen LogP contribution in [0.15, 0.2) is 29.0 Å². The van der Waals surface area contributed by atoms with Gasteiger partial charge in [-0.05, 0) is 31.5 Å². The van der Waals surface area contributed by atoms with Gasteiger partial charge in [-0.3, -0.25) is 9.88 Å². The molecule has 6 heteroatoms. The Morgan fingerprint density at radius 2 is 2.42 bits per heavy atom. The van der Waals surface area contributed by atoms with Crippen molar-refractivity contribution in [2.45, 2.75) is 25.4 Å². The Labute approximate surface area is 111 Å². The number of nitrogens with zero attached hydrogens (tertiary/aromatic N) is 4. The summed E-state index contributed by atoms with van der Waals surface area (Å²) in [5.41, 5.74) is 0.845. The van der Waals surface area contributed by atoms with Crippen molar-refractivity contribution in [1.29, 1.82) is 0 Å². The maximum Gasteiger partial charge on any atom is 0.241 e. The van der Waals surface area contributed by atoms with Crippen molar-refractivity contribution >= 4 is 0 Å². The summed E-state index contributed by atoms with van der Waals surface area (Å²) in [7, 11) is 0. The quantitative estimate of drug-likeness (QED) is 0.886. The zero-order valence-corrected chi connectivity index (χ0v) is 10.6. The first-order valence-corrected chi connectivity index (χ1v) is 6.44. The molecule has 3 heterocycles. The maximum atomic E-state index is 9.28. The second-order valence-corrected chi connectivity index (χ2v) is 4.70. The molecule has 100 valence electrons. The Morgan fingerprint density at radius 1 is 1.47 bits per heavy atom. The van der Waals surface area contributed by atoms with E-state index in [2.05, 4.69) is 20.0 Å². The lowest BCUT2D eigenvalue weighted by Crippen LogP contribution is -2.31. The first kappa shape index (κ1) is 12.3. The standard InChI is InChI=1S/C13H16N4O2/c18-9-11-4-2-6-17(11)8-12-15-13(16-19-12)10-3-1-5-14-7-10/h1,3,5,7,11,18H,2,4,6,8-9H2/t11-/m1/s1. The summed E-state index contributed by atoms with van der Waals surface area (Å²) in [6.45, 7) is 1.75. The lowest BCUT2D eigenvalue weighted by molar-refractivity contribution is 0.141. The number of hydrogen-bond donors (Lipinski definition) is 1. The van der Waals surface area contributed by atoms with Crippen molar-refractivity contribution < 1.29 is 9.63 Å². The summed E-state index contributed by atoms with van der Waals surface area (Å²) in [6.07, 6.45) is 5.55. The number of rotatable bonds is 4. The van der Waals surface area contributed by atoms with Gasteiger partial charge in [0.15, 0.2) is 0 Å². The number of pyridine rings is 1. The molecule has 0 amide bonds. The largest absolute Gasteiger partial charge is 0.395 e. The van der Waals surface area contributed by atoms with Crippen LogP contribution in [0.4, 0.5) is 0 Å². The van der Waals surface area contributed by atoms with Crippen LogP contribution in [-0.4, -0.2) is 44.3 Å². The number of aliphatic hydroxyl groups excluding tert-OH is 1. The van der Waals surface area contributed by atoms with Crippen molar-refractivity contribution in [3.05, 3.63) is 30.4 Å². The fourth-order valence-corrected chi connectivity index (χ4v) is 2.42. The molecular weight excluding hydrogens is 244 g/mol. The van der Waals surface area contributed by atoms with E-state index >= 15 is 0 Å². The van der Waals surface area contributed by atoms with Gasteiger partial charge in [-0.25, -0.2) is 0 Å². The fourth-order valence-electron chi connectivity index (χ4n) is 2.42. The SMILES string of the molecule is OC[C@H]1CCCN1Cc1nc(-c2cccnc2)no1. The highest BCUT2D eigenvalue weighted by atomic mass is 16.5. The smallest absolute Gasteiger partial charge is 0.241 e. The Bertz CT molecular complexity index is 528. The van der Waals surface area contributed by atoms with E-state index < -0.39 is 0 Å². The summed E-state index contributed by atoms with van der Waals surface area (Å²) >= 11 is 0. The molecule has 1 atom stereocenters. The molecule has 0 unspecified atom stereocenters. The van der Waals surface area contributed by atoms with Crippen LogP contribution < -0.4 is 0 Å². The van der Waals surface area contributed by atoms with E-state index in [1.54, 1.807) is 12.4 Å². The van der Waals surface area contributed by atoms with Crippen LogP contribution in [0.2, 0.25) is 0 Å². The lowest BCUT2D eigenvalue weighted by atomic mass is 10.2. The van der Waals surface area contributed by atoms with E-state index in [9.17, 15) is 5.11 Å². The molecule has 0 aliphatic carbocycles. The zero-order chi connectivity index (χ0) is 13.1. The number of aromatic nitrogens is 3. The van der Waals surface area contributed by atoms with Gasteiger partial charge in [0, 0.05) is 24.0 Å². The van der Waals surface area contributed by atoms with Crippen molar-refractivity contribution in [3.8, 4) is 11.4 Å². The van der Waals surface area contributed by atoms with Crippen LogP contribution >= 0.6 is 0 Å². The monoisotopic (exact) mass is 260 g/mol. The topological polar surface area (TPSA) is 75.3 Å².